The predicted octanol–water partition coefficient (Wildman–Crippen LogP) is -7.53. The maximum atomic E-state index is 8.56. The first-order chi connectivity index (χ1) is 3.73. The van der Waals surface area contributed by atoms with Crippen molar-refractivity contribution in [1.82, 2.24) is 0 Å². The van der Waals surface area contributed by atoms with Crippen LogP contribution < -0.4 is 37.5 Å². The summed E-state index contributed by atoms with van der Waals surface area (Å²) in [4.78, 5) is 8.56. The van der Waals surface area contributed by atoms with Crippen molar-refractivity contribution in [3.63, 3.8) is 0 Å². The molecule has 2 N–H and O–H groups in total. The molecular formula is CH2ClLiO7. The summed E-state index contributed by atoms with van der Waals surface area (Å²) in [6.45, 7) is 0. The van der Waals surface area contributed by atoms with Gasteiger partial charge in [-0.05, 0) is 0 Å². The molecule has 0 aromatic heterocycles. The fourth-order valence-electron chi connectivity index (χ4n) is 0. The first kappa shape index (κ1) is 16.5. The molecule has 0 atom stereocenters. The summed E-state index contributed by atoms with van der Waals surface area (Å²) in [7, 11) is -4.94. The van der Waals surface area contributed by atoms with Crippen LogP contribution in [0.25, 0.3) is 0 Å². The molecule has 9 heteroatoms. The first-order valence-electron chi connectivity index (χ1n) is 1.27. The maximum Gasteiger partial charge on any atom is 1.00 e. The largest absolute Gasteiger partial charge is 1.00 e. The molecule has 0 aliphatic carbocycles. The van der Waals surface area contributed by atoms with E-state index in [1.54, 1.807) is 0 Å². The van der Waals surface area contributed by atoms with Gasteiger partial charge >= 0.3 is 25.0 Å². The van der Waals surface area contributed by atoms with Gasteiger partial charge in [0.1, 0.15) is 0 Å². The van der Waals surface area contributed by atoms with Crippen LogP contribution in [0.15, 0.2) is 0 Å². The van der Waals surface area contributed by atoms with Gasteiger partial charge in [-0.25, -0.2) is 23.4 Å². The van der Waals surface area contributed by atoms with Crippen molar-refractivity contribution >= 4 is 6.16 Å². The third-order valence-electron chi connectivity index (χ3n) is 0. The summed E-state index contributed by atoms with van der Waals surface area (Å²) >= 11 is 0. The van der Waals surface area contributed by atoms with Crippen LogP contribution in [-0.2, 0) is 0 Å². The average Bonchev–Trinajstić information content (AvgIpc) is 1.19. The van der Waals surface area contributed by atoms with E-state index in [0.29, 0.717) is 0 Å². The van der Waals surface area contributed by atoms with Crippen LogP contribution in [0.1, 0.15) is 0 Å². The molecule has 7 nitrogen and oxygen atoms in total. The van der Waals surface area contributed by atoms with Crippen LogP contribution >= 0.6 is 0 Å². The van der Waals surface area contributed by atoms with Gasteiger partial charge in [0.25, 0.3) is 0 Å². The summed E-state index contributed by atoms with van der Waals surface area (Å²) in [6.07, 6.45) is -1.83. The third-order valence-corrected chi connectivity index (χ3v) is 0. The van der Waals surface area contributed by atoms with Gasteiger partial charge in [-0.1, -0.05) is 0 Å². The molecule has 0 radical (unpaired) electrons. The SMILES string of the molecule is O=C(O)O.[Li+].[O-][Cl+3]([O-])([O-])[O-]. The van der Waals surface area contributed by atoms with Gasteiger partial charge in [0, 0.05) is 0 Å². The Morgan fingerprint density at radius 3 is 1.10 bits per heavy atom. The molecule has 0 aromatic carbocycles. The Bertz CT molecular complexity index is 76.1. The molecule has 0 bridgehead atoms. The number of carboxylic acid groups (broad SMARTS) is 2. The number of hydrogen-bond acceptors (Lipinski definition) is 5. The van der Waals surface area contributed by atoms with E-state index in [1.807, 2.05) is 0 Å². The second-order valence-corrected chi connectivity index (χ2v) is 1.42. The molecule has 0 aromatic rings. The molecule has 0 rings (SSSR count). The molecule has 0 aliphatic heterocycles. The van der Waals surface area contributed by atoms with Gasteiger partial charge in [-0.15, -0.1) is 10.2 Å². The van der Waals surface area contributed by atoms with Crippen LogP contribution in [-0.4, -0.2) is 16.4 Å². The van der Waals surface area contributed by atoms with Crippen molar-refractivity contribution in [2.75, 3.05) is 0 Å². The summed E-state index contributed by atoms with van der Waals surface area (Å²) in [5.41, 5.74) is 0. The standard InChI is InChI=1S/CH2O3.ClHO4.Li/c2-1(3)4;2-1(3,4)5;/h(H2,2,3,4);(H,2,3,4,5);/q;;+1/p-1. The van der Waals surface area contributed by atoms with Gasteiger partial charge in [0.2, 0.25) is 0 Å². The van der Waals surface area contributed by atoms with Gasteiger partial charge in [0.05, 0.1) is 0 Å². The van der Waals surface area contributed by atoms with Crippen molar-refractivity contribution in [2.24, 2.45) is 0 Å². The summed E-state index contributed by atoms with van der Waals surface area (Å²) in [5.74, 6) is 0. The minimum Gasteiger partial charge on any atom is -0.450 e. The van der Waals surface area contributed by atoms with Crippen LogP contribution in [0.2, 0.25) is 0 Å². The van der Waals surface area contributed by atoms with E-state index in [2.05, 4.69) is 0 Å². The Kier molecular flexibility index (Phi) is 11.7. The van der Waals surface area contributed by atoms with Gasteiger partial charge < -0.3 is 10.2 Å². The van der Waals surface area contributed by atoms with Crippen LogP contribution in [0.5, 0.6) is 0 Å². The van der Waals surface area contributed by atoms with Crippen LogP contribution in [0.4, 0.5) is 4.79 Å². The van der Waals surface area contributed by atoms with E-state index < -0.39 is 16.4 Å². The first-order valence-corrected chi connectivity index (χ1v) is 2.50. The second kappa shape index (κ2) is 7.11. The molecule has 0 saturated carbocycles. The van der Waals surface area contributed by atoms with E-state index in [9.17, 15) is 0 Å². The molecule has 10 heavy (non-hydrogen) atoms. The Morgan fingerprint density at radius 2 is 1.10 bits per heavy atom. The minimum absolute atomic E-state index is 0. The third kappa shape index (κ3) is 58000000. The van der Waals surface area contributed by atoms with E-state index in [4.69, 9.17) is 33.6 Å². The zero-order valence-electron chi connectivity index (χ0n) is 4.81. The predicted molar refractivity (Wildman–Crippen MR) is 10.7 cm³/mol. The second-order valence-electron chi connectivity index (χ2n) is 0.661. The number of carbonyl (C=O) groups is 1. The molecule has 0 saturated heterocycles. The number of halogens is 1. The van der Waals surface area contributed by atoms with Crippen LogP contribution in [0.3, 0.4) is 0 Å². The van der Waals surface area contributed by atoms with E-state index >= 15 is 0 Å². The van der Waals surface area contributed by atoms with Crippen molar-refractivity contribution in [3.8, 4) is 0 Å². The summed E-state index contributed by atoms with van der Waals surface area (Å²) in [5, 5.41) is 13.9. The Labute approximate surface area is 69.4 Å². The monoisotopic (exact) mass is 168 g/mol. The molecule has 0 heterocycles. The fraction of sp³-hybridized carbons (Fsp3) is 0. The van der Waals surface area contributed by atoms with Crippen molar-refractivity contribution < 1.29 is 62.7 Å². The van der Waals surface area contributed by atoms with Gasteiger partial charge in [0.15, 0.2) is 0 Å². The molecule has 56 valence electrons. The maximum absolute atomic E-state index is 8.56. The Morgan fingerprint density at radius 1 is 1.10 bits per heavy atom. The van der Waals surface area contributed by atoms with E-state index in [1.165, 1.54) is 0 Å². The summed E-state index contributed by atoms with van der Waals surface area (Å²) in [6, 6.07) is 0. The number of rotatable bonds is 0. The van der Waals surface area contributed by atoms with Crippen molar-refractivity contribution in [1.29, 1.82) is 0 Å². The normalized spacial score (nSPS) is 8.40. The topological polar surface area (TPSA) is 150 Å². The minimum atomic E-state index is -4.94. The zero-order valence-corrected chi connectivity index (χ0v) is 5.57. The molecule has 0 fully saturated rings. The average molecular weight is 168 g/mol. The molecule has 0 unspecified atom stereocenters. The van der Waals surface area contributed by atoms with Gasteiger partial charge in [-0.2, -0.15) is 0 Å². The van der Waals surface area contributed by atoms with Crippen molar-refractivity contribution in [2.45, 2.75) is 0 Å². The number of hydrogen-bond donors (Lipinski definition) is 2. The molecular weight excluding hydrogens is 166 g/mol. The van der Waals surface area contributed by atoms with Crippen LogP contribution in [0, 0.1) is 10.2 Å². The van der Waals surface area contributed by atoms with E-state index in [0.717, 1.165) is 0 Å². The smallest absolute Gasteiger partial charge is 0.450 e. The van der Waals surface area contributed by atoms with E-state index in [-0.39, 0.29) is 18.9 Å². The quantitative estimate of drug-likeness (QED) is 0.341. The zero-order chi connectivity index (χ0) is 8.08. The van der Waals surface area contributed by atoms with Crippen molar-refractivity contribution in [3.05, 3.63) is 0 Å². The summed E-state index contributed by atoms with van der Waals surface area (Å²) < 4.78 is 34.0. The van der Waals surface area contributed by atoms with Gasteiger partial charge in [-0.3, -0.25) is 0 Å². The Balaban J connectivity index is -0.0000000910. The molecule has 0 aliphatic rings. The molecule has 0 spiro atoms. The Hall–Kier alpha value is -0.00260. The fourth-order valence-corrected chi connectivity index (χ4v) is 0. The molecule has 0 amide bonds.